The molecule has 2 aromatic heterocycles. The third-order valence-corrected chi connectivity index (χ3v) is 3.80. The molecule has 1 fully saturated rings. The van der Waals surface area contributed by atoms with Crippen molar-refractivity contribution in [2.24, 2.45) is 0 Å². The molecule has 0 unspecified atom stereocenters. The van der Waals surface area contributed by atoms with Gasteiger partial charge < -0.3 is 5.32 Å². The average molecular weight is 236 g/mol. The molecule has 0 amide bonds. The van der Waals surface area contributed by atoms with Crippen LogP contribution in [0, 0.1) is 0 Å². The van der Waals surface area contributed by atoms with Gasteiger partial charge in [0, 0.05) is 6.54 Å². The molecule has 1 saturated heterocycles. The van der Waals surface area contributed by atoms with Gasteiger partial charge >= 0.3 is 0 Å². The number of hydrogen-bond acceptors (Lipinski definition) is 5. The molecule has 1 aliphatic rings. The van der Waals surface area contributed by atoms with Gasteiger partial charge in [0.1, 0.15) is 10.2 Å². The molecule has 3 heterocycles. The summed E-state index contributed by atoms with van der Waals surface area (Å²) in [6.07, 6.45) is 2.08. The minimum Gasteiger partial charge on any atom is -0.315 e. The van der Waals surface area contributed by atoms with Crippen LogP contribution < -0.4 is 10.9 Å². The minimum absolute atomic E-state index is 0.00583. The fourth-order valence-electron chi connectivity index (χ4n) is 2.06. The molecule has 1 atom stereocenters. The van der Waals surface area contributed by atoms with Crippen LogP contribution >= 0.6 is 11.3 Å². The Morgan fingerprint density at radius 1 is 1.56 bits per heavy atom. The Morgan fingerprint density at radius 2 is 2.50 bits per heavy atom. The monoisotopic (exact) mass is 236 g/mol. The summed E-state index contributed by atoms with van der Waals surface area (Å²) in [5.41, 5.74) is 0.698. The van der Waals surface area contributed by atoms with Crippen molar-refractivity contribution >= 4 is 21.6 Å². The van der Waals surface area contributed by atoms with Gasteiger partial charge in [-0.1, -0.05) is 5.21 Å². The lowest BCUT2D eigenvalue weighted by Gasteiger charge is -2.22. The van der Waals surface area contributed by atoms with E-state index in [4.69, 9.17) is 0 Å². The first-order chi connectivity index (χ1) is 7.86. The van der Waals surface area contributed by atoms with Crippen LogP contribution in [-0.4, -0.2) is 28.1 Å². The SMILES string of the molecule is O=c1c2sccc2nnn1[C@@H]1CCCNC1. The maximum absolute atomic E-state index is 12.1. The number of nitrogens with zero attached hydrogens (tertiary/aromatic N) is 3. The molecule has 84 valence electrons. The molecule has 0 bridgehead atoms. The van der Waals surface area contributed by atoms with Crippen molar-refractivity contribution in [3.63, 3.8) is 0 Å². The van der Waals surface area contributed by atoms with E-state index in [1.807, 2.05) is 11.4 Å². The van der Waals surface area contributed by atoms with E-state index in [0.29, 0.717) is 10.2 Å². The number of nitrogens with one attached hydrogen (secondary N) is 1. The summed E-state index contributed by atoms with van der Waals surface area (Å²) in [6.45, 7) is 1.84. The van der Waals surface area contributed by atoms with E-state index in [1.165, 1.54) is 16.0 Å². The van der Waals surface area contributed by atoms with Crippen LogP contribution in [0.15, 0.2) is 16.2 Å². The molecule has 0 saturated carbocycles. The number of hydrogen-bond donors (Lipinski definition) is 1. The summed E-state index contributed by atoms with van der Waals surface area (Å²) in [4.78, 5) is 12.1. The average Bonchev–Trinajstić information content (AvgIpc) is 2.80. The summed E-state index contributed by atoms with van der Waals surface area (Å²) in [5, 5.41) is 13.3. The standard InChI is InChI=1S/C10H12N4OS/c15-10-9-8(3-5-16-9)12-13-14(10)7-2-1-4-11-6-7/h3,5,7,11H,1-2,4,6H2/t7-/m1/s1. The van der Waals surface area contributed by atoms with Gasteiger partial charge in [-0.05, 0) is 30.8 Å². The van der Waals surface area contributed by atoms with E-state index in [-0.39, 0.29) is 11.6 Å². The second kappa shape index (κ2) is 3.95. The Hall–Kier alpha value is -1.27. The number of thiophene rings is 1. The number of fused-ring (bicyclic) bond motifs is 1. The maximum Gasteiger partial charge on any atom is 0.288 e. The Kier molecular flexibility index (Phi) is 2.45. The molecule has 3 rings (SSSR count). The van der Waals surface area contributed by atoms with Gasteiger partial charge in [-0.25, -0.2) is 4.68 Å². The highest BCUT2D eigenvalue weighted by Gasteiger charge is 2.18. The van der Waals surface area contributed by atoms with Gasteiger partial charge in [0.25, 0.3) is 5.56 Å². The molecule has 16 heavy (non-hydrogen) atoms. The van der Waals surface area contributed by atoms with E-state index in [0.717, 1.165) is 25.9 Å². The molecule has 0 radical (unpaired) electrons. The van der Waals surface area contributed by atoms with Gasteiger partial charge in [-0.3, -0.25) is 4.79 Å². The first kappa shape index (κ1) is 9.92. The molecular formula is C10H12N4OS. The summed E-state index contributed by atoms with van der Waals surface area (Å²) < 4.78 is 2.24. The Balaban J connectivity index is 2.09. The zero-order valence-corrected chi connectivity index (χ0v) is 9.54. The van der Waals surface area contributed by atoms with Crippen molar-refractivity contribution in [2.75, 3.05) is 13.1 Å². The fraction of sp³-hybridized carbons (Fsp3) is 0.500. The third kappa shape index (κ3) is 1.54. The van der Waals surface area contributed by atoms with Gasteiger partial charge in [0.2, 0.25) is 0 Å². The predicted octanol–water partition coefficient (Wildman–Crippen LogP) is 0.777. The van der Waals surface area contributed by atoms with Gasteiger partial charge in [-0.2, -0.15) is 0 Å². The van der Waals surface area contributed by atoms with E-state index in [9.17, 15) is 4.79 Å². The second-order valence-corrected chi connectivity index (χ2v) is 4.89. The highest BCUT2D eigenvalue weighted by Crippen LogP contribution is 2.16. The zero-order valence-electron chi connectivity index (χ0n) is 8.72. The van der Waals surface area contributed by atoms with Crippen LogP contribution in [0.4, 0.5) is 0 Å². The minimum atomic E-state index is -0.00583. The van der Waals surface area contributed by atoms with Crippen molar-refractivity contribution < 1.29 is 0 Å². The lowest BCUT2D eigenvalue weighted by Crippen LogP contribution is -2.38. The lowest BCUT2D eigenvalue weighted by molar-refractivity contribution is 0.328. The van der Waals surface area contributed by atoms with Crippen LogP contribution in [0.25, 0.3) is 10.2 Å². The van der Waals surface area contributed by atoms with E-state index >= 15 is 0 Å². The molecule has 2 aromatic rings. The van der Waals surface area contributed by atoms with Crippen LogP contribution in [0.2, 0.25) is 0 Å². The van der Waals surface area contributed by atoms with Crippen molar-refractivity contribution in [1.29, 1.82) is 0 Å². The molecule has 0 aliphatic carbocycles. The Bertz CT molecular complexity index is 555. The summed E-state index contributed by atoms with van der Waals surface area (Å²) >= 11 is 1.44. The molecule has 5 nitrogen and oxygen atoms in total. The van der Waals surface area contributed by atoms with Crippen LogP contribution in [0.5, 0.6) is 0 Å². The highest BCUT2D eigenvalue weighted by atomic mass is 32.1. The zero-order chi connectivity index (χ0) is 11.0. The smallest absolute Gasteiger partial charge is 0.288 e. The topological polar surface area (TPSA) is 59.8 Å². The van der Waals surface area contributed by atoms with Crippen molar-refractivity contribution in [1.82, 2.24) is 20.3 Å². The van der Waals surface area contributed by atoms with Crippen LogP contribution in [0.1, 0.15) is 18.9 Å². The Morgan fingerprint density at radius 3 is 3.31 bits per heavy atom. The quantitative estimate of drug-likeness (QED) is 0.794. The van der Waals surface area contributed by atoms with E-state index < -0.39 is 0 Å². The summed E-state index contributed by atoms with van der Waals surface area (Å²) in [5.74, 6) is 0. The van der Waals surface area contributed by atoms with E-state index in [1.54, 1.807) is 0 Å². The normalized spacial score (nSPS) is 21.4. The molecular weight excluding hydrogens is 224 g/mol. The molecule has 1 aliphatic heterocycles. The molecule has 1 N–H and O–H groups in total. The van der Waals surface area contributed by atoms with Gasteiger partial charge in [-0.15, -0.1) is 16.4 Å². The molecule has 6 heteroatoms. The van der Waals surface area contributed by atoms with Crippen LogP contribution in [0.3, 0.4) is 0 Å². The first-order valence-corrected chi connectivity index (χ1v) is 6.27. The fourth-order valence-corrected chi connectivity index (χ4v) is 2.82. The highest BCUT2D eigenvalue weighted by molar-refractivity contribution is 7.17. The van der Waals surface area contributed by atoms with Crippen molar-refractivity contribution in [3.8, 4) is 0 Å². The van der Waals surface area contributed by atoms with Crippen molar-refractivity contribution in [3.05, 3.63) is 21.8 Å². The van der Waals surface area contributed by atoms with Crippen molar-refractivity contribution in [2.45, 2.75) is 18.9 Å². The number of aromatic nitrogens is 3. The lowest BCUT2D eigenvalue weighted by atomic mass is 10.1. The molecule has 0 spiro atoms. The number of piperidine rings is 1. The first-order valence-electron chi connectivity index (χ1n) is 5.39. The largest absolute Gasteiger partial charge is 0.315 e. The maximum atomic E-state index is 12.1. The van der Waals surface area contributed by atoms with Gasteiger partial charge in [0.05, 0.1) is 6.04 Å². The third-order valence-electron chi connectivity index (χ3n) is 2.91. The number of rotatable bonds is 1. The van der Waals surface area contributed by atoms with E-state index in [2.05, 4.69) is 15.6 Å². The summed E-state index contributed by atoms with van der Waals surface area (Å²) in [6, 6.07) is 1.98. The van der Waals surface area contributed by atoms with Gasteiger partial charge in [0.15, 0.2) is 0 Å². The predicted molar refractivity (Wildman–Crippen MR) is 62.8 cm³/mol. The second-order valence-electron chi connectivity index (χ2n) is 3.97. The molecule has 0 aromatic carbocycles. The summed E-state index contributed by atoms with van der Waals surface area (Å²) in [7, 11) is 0. The van der Waals surface area contributed by atoms with Crippen LogP contribution in [-0.2, 0) is 0 Å². The Labute approximate surface area is 96.1 Å².